The molecule has 7 heteroatoms. The van der Waals surface area contributed by atoms with Gasteiger partial charge in [0.25, 0.3) is 0 Å². The van der Waals surface area contributed by atoms with E-state index in [1.165, 1.54) is 11.3 Å². The molecule has 0 radical (unpaired) electrons. The van der Waals surface area contributed by atoms with Crippen molar-refractivity contribution in [1.29, 1.82) is 0 Å². The molecule has 0 atom stereocenters. The highest BCUT2D eigenvalue weighted by atomic mass is 127. The minimum atomic E-state index is -0.273. The highest BCUT2D eigenvalue weighted by Crippen LogP contribution is 2.41. The fourth-order valence-electron chi connectivity index (χ4n) is 2.15. The smallest absolute Gasteiger partial charge is 0.222 e. The van der Waals surface area contributed by atoms with E-state index in [-0.39, 0.29) is 16.5 Å². The van der Waals surface area contributed by atoms with Gasteiger partial charge in [0.15, 0.2) is 0 Å². The summed E-state index contributed by atoms with van der Waals surface area (Å²) in [7, 11) is 0. The lowest BCUT2D eigenvalue weighted by molar-refractivity contribution is 0.585. The van der Waals surface area contributed by atoms with E-state index in [0.717, 1.165) is 9.88 Å². The number of hydrogen-bond donors (Lipinski definition) is 0. The third kappa shape index (κ3) is 3.45. The van der Waals surface area contributed by atoms with Crippen LogP contribution in [0.25, 0.3) is 21.8 Å². The van der Waals surface area contributed by atoms with Gasteiger partial charge in [-0.25, -0.2) is 19.3 Å². The molecule has 124 valence electrons. The molecule has 0 N–H and O–H groups in total. The Hall–Kier alpha value is -1.12. The largest absolute Gasteiger partial charge is 0.240 e. The van der Waals surface area contributed by atoms with Gasteiger partial charge >= 0.3 is 0 Å². The monoisotopic (exact) mass is 473 g/mol. The first-order chi connectivity index (χ1) is 11.3. The van der Waals surface area contributed by atoms with Crippen molar-refractivity contribution >= 4 is 45.5 Å². The number of thiazole rings is 1. The van der Waals surface area contributed by atoms with Gasteiger partial charge in [0.05, 0.1) is 21.3 Å². The zero-order chi connectivity index (χ0) is 17.5. The molecule has 0 aliphatic rings. The summed E-state index contributed by atoms with van der Waals surface area (Å²) in [5.74, 6) is -0.273. The van der Waals surface area contributed by atoms with Crippen molar-refractivity contribution in [2.75, 3.05) is 0 Å². The summed E-state index contributed by atoms with van der Waals surface area (Å²) in [6.45, 7) is 6.24. The molecule has 3 aromatic rings. The number of hydrogen-bond acceptors (Lipinski definition) is 4. The maximum absolute atomic E-state index is 14.7. The molecular weight excluding hydrogens is 460 g/mol. The van der Waals surface area contributed by atoms with Crippen LogP contribution in [-0.2, 0) is 5.41 Å². The molecule has 0 unspecified atom stereocenters. The predicted molar refractivity (Wildman–Crippen MR) is 105 cm³/mol. The quantitative estimate of drug-likeness (QED) is 0.340. The first-order valence-corrected chi connectivity index (χ1v) is 9.49. The summed E-state index contributed by atoms with van der Waals surface area (Å²) in [5, 5.41) is 1.08. The van der Waals surface area contributed by atoms with Gasteiger partial charge in [-0.1, -0.05) is 26.8 Å². The normalized spacial score (nSPS) is 11.8. The fourth-order valence-corrected chi connectivity index (χ4v) is 3.90. The van der Waals surface area contributed by atoms with E-state index in [2.05, 4.69) is 30.7 Å². The van der Waals surface area contributed by atoms with Gasteiger partial charge in [0.2, 0.25) is 5.28 Å². The van der Waals surface area contributed by atoms with Crippen molar-refractivity contribution in [2.45, 2.75) is 26.2 Å². The molecule has 2 aromatic heterocycles. The van der Waals surface area contributed by atoms with Crippen LogP contribution in [0.1, 0.15) is 25.8 Å². The summed E-state index contributed by atoms with van der Waals surface area (Å²) in [5.41, 5.74) is 1.57. The number of aromatic nitrogens is 3. The van der Waals surface area contributed by atoms with Crippen LogP contribution in [0.2, 0.25) is 5.28 Å². The number of halogens is 3. The van der Waals surface area contributed by atoms with Crippen LogP contribution in [0.15, 0.2) is 30.5 Å². The summed E-state index contributed by atoms with van der Waals surface area (Å²) in [6.07, 6.45) is 1.59. The molecule has 24 heavy (non-hydrogen) atoms. The summed E-state index contributed by atoms with van der Waals surface area (Å²) < 4.78 is 15.2. The minimum Gasteiger partial charge on any atom is -0.240 e. The lowest BCUT2D eigenvalue weighted by atomic mass is 9.98. The van der Waals surface area contributed by atoms with E-state index in [1.54, 1.807) is 24.4 Å². The topological polar surface area (TPSA) is 38.7 Å². The molecule has 0 fully saturated rings. The lowest BCUT2D eigenvalue weighted by Crippen LogP contribution is -2.10. The summed E-state index contributed by atoms with van der Waals surface area (Å²) >= 11 is 9.43. The molecule has 0 amide bonds. The molecule has 0 bridgehead atoms. The average Bonchev–Trinajstić information content (AvgIpc) is 2.95. The molecule has 0 aliphatic heterocycles. The Kier molecular flexibility index (Phi) is 4.90. The van der Waals surface area contributed by atoms with Crippen LogP contribution < -0.4 is 0 Å². The highest BCUT2D eigenvalue weighted by molar-refractivity contribution is 14.1. The van der Waals surface area contributed by atoms with E-state index in [0.29, 0.717) is 20.5 Å². The van der Waals surface area contributed by atoms with Gasteiger partial charge in [-0.3, -0.25) is 0 Å². The summed E-state index contributed by atoms with van der Waals surface area (Å²) in [4.78, 5) is 13.7. The third-order valence-electron chi connectivity index (χ3n) is 3.33. The molecule has 1 aromatic carbocycles. The Morgan fingerprint density at radius 3 is 2.58 bits per heavy atom. The zero-order valence-electron chi connectivity index (χ0n) is 13.3. The number of rotatable bonds is 2. The molecular formula is C17H14ClFIN3S. The van der Waals surface area contributed by atoms with E-state index < -0.39 is 0 Å². The van der Waals surface area contributed by atoms with Crippen molar-refractivity contribution in [2.24, 2.45) is 0 Å². The molecule has 3 rings (SSSR count). The van der Waals surface area contributed by atoms with Gasteiger partial charge in [-0.15, -0.1) is 11.3 Å². The Morgan fingerprint density at radius 2 is 1.92 bits per heavy atom. The van der Waals surface area contributed by atoms with Crippen LogP contribution >= 0.6 is 45.5 Å². The Bertz CT molecular complexity index is 905. The fraction of sp³-hybridized carbons (Fsp3) is 0.235. The van der Waals surface area contributed by atoms with Crippen LogP contribution in [-0.4, -0.2) is 15.0 Å². The minimum absolute atomic E-state index is 0.146. The maximum Gasteiger partial charge on any atom is 0.222 e. The van der Waals surface area contributed by atoms with Crippen molar-refractivity contribution in [1.82, 2.24) is 15.0 Å². The van der Waals surface area contributed by atoms with Crippen molar-refractivity contribution in [3.05, 3.63) is 50.1 Å². The van der Waals surface area contributed by atoms with Crippen molar-refractivity contribution in [3.8, 4) is 21.8 Å². The molecule has 0 spiro atoms. The Morgan fingerprint density at radius 1 is 1.17 bits per heavy atom. The van der Waals surface area contributed by atoms with E-state index in [1.807, 2.05) is 28.7 Å². The number of nitrogens with zero attached hydrogens (tertiary/aromatic N) is 3. The van der Waals surface area contributed by atoms with Crippen LogP contribution in [0.4, 0.5) is 4.39 Å². The second kappa shape index (κ2) is 6.65. The zero-order valence-corrected chi connectivity index (χ0v) is 17.0. The second-order valence-electron chi connectivity index (χ2n) is 6.26. The van der Waals surface area contributed by atoms with Gasteiger partial charge in [-0.2, -0.15) is 0 Å². The molecule has 2 heterocycles. The van der Waals surface area contributed by atoms with Crippen molar-refractivity contribution in [3.63, 3.8) is 0 Å². The highest BCUT2D eigenvalue weighted by Gasteiger charge is 2.25. The first-order valence-electron chi connectivity index (χ1n) is 7.22. The molecule has 0 saturated carbocycles. The lowest BCUT2D eigenvalue weighted by Gasteiger charge is -2.13. The first kappa shape index (κ1) is 17.7. The molecule has 0 aliphatic carbocycles. The number of benzene rings is 1. The van der Waals surface area contributed by atoms with Crippen LogP contribution in [0, 0.1) is 9.39 Å². The van der Waals surface area contributed by atoms with Gasteiger partial charge in [0.1, 0.15) is 5.82 Å². The maximum atomic E-state index is 14.7. The van der Waals surface area contributed by atoms with E-state index in [9.17, 15) is 4.39 Å². The average molecular weight is 474 g/mol. The second-order valence-corrected chi connectivity index (χ2v) is 8.76. The van der Waals surface area contributed by atoms with E-state index >= 15 is 0 Å². The Labute approximate surface area is 162 Å². The SMILES string of the molecule is CC(C)(C)c1nc(-c2cccc(I)c2F)c(-c2ccnc(Cl)n2)s1. The predicted octanol–water partition coefficient (Wildman–Crippen LogP) is 5.96. The molecule has 3 nitrogen and oxygen atoms in total. The van der Waals surface area contributed by atoms with Crippen LogP contribution in [0.3, 0.4) is 0 Å². The van der Waals surface area contributed by atoms with Gasteiger partial charge in [0, 0.05) is 20.7 Å². The van der Waals surface area contributed by atoms with Gasteiger partial charge in [-0.05, 0) is 52.4 Å². The van der Waals surface area contributed by atoms with Crippen LogP contribution in [0.5, 0.6) is 0 Å². The van der Waals surface area contributed by atoms with E-state index in [4.69, 9.17) is 16.6 Å². The third-order valence-corrected chi connectivity index (χ3v) is 5.85. The van der Waals surface area contributed by atoms with Crippen molar-refractivity contribution < 1.29 is 4.39 Å². The molecule has 0 saturated heterocycles. The van der Waals surface area contributed by atoms with Gasteiger partial charge < -0.3 is 0 Å². The Balaban J connectivity index is 2.28. The standard InChI is InChI=1S/C17H14ClFIN3S/c1-17(2,3)15-23-13(9-5-4-6-10(20)12(9)19)14(24-15)11-7-8-21-16(18)22-11/h4-8H,1-3H3. The summed E-state index contributed by atoms with van der Waals surface area (Å²) in [6, 6.07) is 7.07.